The number of esters is 1. The molecule has 0 unspecified atom stereocenters. The molecule has 0 heterocycles. The predicted molar refractivity (Wildman–Crippen MR) is 106 cm³/mol. The van der Waals surface area contributed by atoms with Crippen molar-refractivity contribution >= 4 is 27.6 Å². The molecule has 2 aromatic rings. The number of benzene rings is 2. The van der Waals surface area contributed by atoms with Crippen LogP contribution in [0.5, 0.6) is 0 Å². The summed E-state index contributed by atoms with van der Waals surface area (Å²) in [6, 6.07) is 9.97. The lowest BCUT2D eigenvalue weighted by atomic mass is 10.2. The largest absolute Gasteiger partial charge is 0.452 e. The summed E-state index contributed by atoms with van der Waals surface area (Å²) in [5.41, 5.74) is 0.391. The quantitative estimate of drug-likeness (QED) is 0.605. The Hall–Kier alpha value is -2.94. The van der Waals surface area contributed by atoms with E-state index in [1.165, 1.54) is 24.3 Å². The summed E-state index contributed by atoms with van der Waals surface area (Å²) in [4.78, 5) is 23.7. The Morgan fingerprint density at radius 2 is 1.59 bits per heavy atom. The highest BCUT2D eigenvalue weighted by Gasteiger charge is 2.16. The number of hydrogen-bond acceptors (Lipinski definition) is 5. The van der Waals surface area contributed by atoms with Gasteiger partial charge >= 0.3 is 5.97 Å². The van der Waals surface area contributed by atoms with E-state index in [4.69, 9.17) is 4.74 Å². The van der Waals surface area contributed by atoms with E-state index in [1.807, 2.05) is 13.8 Å². The lowest BCUT2D eigenvalue weighted by Gasteiger charge is -2.14. The monoisotopic (exact) mass is 422 g/mol. The van der Waals surface area contributed by atoms with Crippen molar-refractivity contribution in [1.82, 2.24) is 5.32 Å². The molecule has 0 bridgehead atoms. The molecule has 0 saturated carbocycles. The van der Waals surface area contributed by atoms with E-state index in [2.05, 4.69) is 10.0 Å². The van der Waals surface area contributed by atoms with Crippen LogP contribution in [0.4, 0.5) is 10.1 Å². The lowest BCUT2D eigenvalue weighted by molar-refractivity contribution is -0.125. The van der Waals surface area contributed by atoms with Gasteiger partial charge in [-0.05, 0) is 61.4 Å². The van der Waals surface area contributed by atoms with Crippen LogP contribution < -0.4 is 10.0 Å². The van der Waals surface area contributed by atoms with Gasteiger partial charge in [0.1, 0.15) is 5.82 Å². The summed E-state index contributed by atoms with van der Waals surface area (Å²) in [7, 11) is -3.89. The van der Waals surface area contributed by atoms with Crippen molar-refractivity contribution in [3.8, 4) is 0 Å². The molecule has 0 atom stereocenters. The normalized spacial score (nSPS) is 11.2. The Bertz CT molecular complexity index is 940. The van der Waals surface area contributed by atoms with Gasteiger partial charge in [-0.25, -0.2) is 17.6 Å². The van der Waals surface area contributed by atoms with Gasteiger partial charge in [0.15, 0.2) is 6.61 Å². The highest BCUT2D eigenvalue weighted by Crippen LogP contribution is 2.17. The molecule has 29 heavy (non-hydrogen) atoms. The van der Waals surface area contributed by atoms with Crippen LogP contribution in [0.15, 0.2) is 53.4 Å². The Kier molecular flexibility index (Phi) is 7.72. The van der Waals surface area contributed by atoms with E-state index in [9.17, 15) is 22.4 Å². The van der Waals surface area contributed by atoms with Crippen LogP contribution in [0.2, 0.25) is 0 Å². The number of anilines is 1. The van der Waals surface area contributed by atoms with Crippen LogP contribution in [0.25, 0.3) is 0 Å². The lowest BCUT2D eigenvalue weighted by Crippen LogP contribution is -2.36. The predicted octanol–water partition coefficient (Wildman–Crippen LogP) is 3.09. The Morgan fingerprint density at radius 3 is 2.14 bits per heavy atom. The first-order chi connectivity index (χ1) is 13.7. The summed E-state index contributed by atoms with van der Waals surface area (Å²) in [5.74, 6) is -1.62. The zero-order chi connectivity index (χ0) is 21.4. The molecule has 0 aliphatic heterocycles. The molecular weight excluding hydrogens is 399 g/mol. The number of ether oxygens (including phenoxy) is 1. The number of carbonyl (C=O) groups excluding carboxylic acids is 2. The smallest absolute Gasteiger partial charge is 0.338 e. The van der Waals surface area contributed by atoms with Crippen molar-refractivity contribution in [3.05, 3.63) is 59.9 Å². The maximum Gasteiger partial charge on any atom is 0.338 e. The third-order valence-corrected chi connectivity index (χ3v) is 5.58. The van der Waals surface area contributed by atoms with Crippen LogP contribution in [0.1, 0.15) is 37.0 Å². The molecule has 0 aromatic heterocycles. The second kappa shape index (κ2) is 10.0. The molecule has 0 fully saturated rings. The number of sulfonamides is 1. The fourth-order valence-corrected chi connectivity index (χ4v) is 3.54. The van der Waals surface area contributed by atoms with Crippen LogP contribution in [-0.2, 0) is 19.6 Å². The molecule has 156 valence electrons. The first-order valence-corrected chi connectivity index (χ1v) is 10.6. The van der Waals surface area contributed by atoms with Crippen LogP contribution in [0, 0.1) is 5.82 Å². The zero-order valence-corrected chi connectivity index (χ0v) is 17.0. The van der Waals surface area contributed by atoms with E-state index < -0.39 is 28.4 Å². The summed E-state index contributed by atoms with van der Waals surface area (Å²) in [5, 5.41) is 2.76. The molecule has 9 heteroatoms. The van der Waals surface area contributed by atoms with Crippen molar-refractivity contribution < 1.29 is 27.1 Å². The summed E-state index contributed by atoms with van der Waals surface area (Å²) < 4.78 is 44.8. The third-order valence-electron chi connectivity index (χ3n) is 4.18. The van der Waals surface area contributed by atoms with Gasteiger partial charge in [-0.3, -0.25) is 9.52 Å². The minimum absolute atomic E-state index is 0.0367. The number of nitrogens with one attached hydrogen (secondary N) is 2. The molecule has 0 saturated heterocycles. The third kappa shape index (κ3) is 6.56. The summed E-state index contributed by atoms with van der Waals surface area (Å²) in [6.45, 7) is 3.51. The average molecular weight is 422 g/mol. The minimum atomic E-state index is -3.89. The van der Waals surface area contributed by atoms with E-state index >= 15 is 0 Å². The van der Waals surface area contributed by atoms with Gasteiger partial charge in [-0.2, -0.15) is 0 Å². The van der Waals surface area contributed by atoms with Gasteiger partial charge in [0.25, 0.3) is 15.9 Å². The van der Waals surface area contributed by atoms with Crippen molar-refractivity contribution in [3.63, 3.8) is 0 Å². The van der Waals surface area contributed by atoms with E-state index in [1.54, 1.807) is 0 Å². The molecule has 0 radical (unpaired) electrons. The molecule has 2 aromatic carbocycles. The molecule has 2 N–H and O–H groups in total. The standard InChI is InChI=1S/C20H23FN2O5S/c1-3-16(4-2)22-19(24)13-28-20(25)14-5-9-17(10-6-14)23-29(26,27)18-11-7-15(21)8-12-18/h5-12,16,23H,3-4,13H2,1-2H3,(H,22,24). The molecule has 0 aliphatic rings. The van der Waals surface area contributed by atoms with E-state index in [-0.39, 0.29) is 28.1 Å². The highest BCUT2D eigenvalue weighted by atomic mass is 32.2. The Balaban J connectivity index is 1.94. The minimum Gasteiger partial charge on any atom is -0.452 e. The van der Waals surface area contributed by atoms with E-state index in [0.29, 0.717) is 0 Å². The topological polar surface area (TPSA) is 102 Å². The maximum atomic E-state index is 12.9. The zero-order valence-electron chi connectivity index (χ0n) is 16.1. The second-order valence-electron chi connectivity index (χ2n) is 6.29. The molecule has 0 aliphatic carbocycles. The number of hydrogen-bond donors (Lipinski definition) is 2. The van der Waals surface area contributed by atoms with Crippen molar-refractivity contribution in [1.29, 1.82) is 0 Å². The molecule has 1 amide bonds. The first kappa shape index (κ1) is 22.4. The van der Waals surface area contributed by atoms with Crippen LogP contribution in [-0.4, -0.2) is 32.9 Å². The first-order valence-electron chi connectivity index (χ1n) is 9.10. The highest BCUT2D eigenvalue weighted by molar-refractivity contribution is 7.92. The SMILES string of the molecule is CCC(CC)NC(=O)COC(=O)c1ccc(NS(=O)(=O)c2ccc(F)cc2)cc1. The number of carbonyl (C=O) groups is 2. The van der Waals surface area contributed by atoms with Gasteiger partial charge in [0.05, 0.1) is 10.5 Å². The Labute approximate surface area is 169 Å². The average Bonchev–Trinajstić information content (AvgIpc) is 2.70. The Morgan fingerprint density at radius 1 is 1.00 bits per heavy atom. The fourth-order valence-electron chi connectivity index (χ4n) is 2.48. The molecule has 2 rings (SSSR count). The number of amides is 1. The van der Waals surface area contributed by atoms with Gasteiger partial charge < -0.3 is 10.1 Å². The number of halogens is 1. The van der Waals surface area contributed by atoms with Gasteiger partial charge in [0, 0.05) is 11.7 Å². The second-order valence-corrected chi connectivity index (χ2v) is 7.98. The summed E-state index contributed by atoms with van der Waals surface area (Å²) in [6.07, 6.45) is 1.57. The van der Waals surface area contributed by atoms with Crippen molar-refractivity contribution in [2.45, 2.75) is 37.6 Å². The van der Waals surface area contributed by atoms with Crippen LogP contribution >= 0.6 is 0 Å². The van der Waals surface area contributed by atoms with E-state index in [0.717, 1.165) is 37.1 Å². The van der Waals surface area contributed by atoms with Crippen LogP contribution in [0.3, 0.4) is 0 Å². The van der Waals surface area contributed by atoms with Gasteiger partial charge in [-0.15, -0.1) is 0 Å². The van der Waals surface area contributed by atoms with Crippen molar-refractivity contribution in [2.75, 3.05) is 11.3 Å². The molecular formula is C20H23FN2O5S. The molecule has 7 nitrogen and oxygen atoms in total. The fraction of sp³-hybridized carbons (Fsp3) is 0.300. The van der Waals surface area contributed by atoms with Gasteiger partial charge in [0.2, 0.25) is 0 Å². The summed E-state index contributed by atoms with van der Waals surface area (Å²) >= 11 is 0. The molecule has 0 spiro atoms. The van der Waals surface area contributed by atoms with Gasteiger partial charge in [-0.1, -0.05) is 13.8 Å². The maximum absolute atomic E-state index is 12.9. The number of rotatable bonds is 9. The van der Waals surface area contributed by atoms with Crippen molar-refractivity contribution in [2.24, 2.45) is 0 Å².